The molecular formula is C17H18FN5O2. The number of nitrogens with zero attached hydrogens (tertiary/aromatic N) is 2. The minimum Gasteiger partial charge on any atom is -0.493 e. The topological polar surface area (TPSA) is 78.0 Å². The van der Waals surface area contributed by atoms with Gasteiger partial charge in [-0.3, -0.25) is 14.8 Å². The van der Waals surface area contributed by atoms with E-state index in [0.717, 1.165) is 11.5 Å². The third-order valence-corrected chi connectivity index (χ3v) is 4.21. The Labute approximate surface area is 144 Å². The van der Waals surface area contributed by atoms with Crippen molar-refractivity contribution in [3.63, 3.8) is 0 Å². The summed E-state index contributed by atoms with van der Waals surface area (Å²) in [5.74, 6) is 1.41. The van der Waals surface area contributed by atoms with Gasteiger partial charge >= 0.3 is 0 Å². The zero-order chi connectivity index (χ0) is 17.4. The van der Waals surface area contributed by atoms with Crippen molar-refractivity contribution in [3.8, 4) is 5.75 Å². The van der Waals surface area contributed by atoms with Crippen LogP contribution >= 0.6 is 0 Å². The first-order valence-electron chi connectivity index (χ1n) is 8.11. The normalized spacial score (nSPS) is 22.6. The van der Waals surface area contributed by atoms with Crippen molar-refractivity contribution in [3.05, 3.63) is 53.4 Å². The fourth-order valence-corrected chi connectivity index (χ4v) is 2.96. The second-order valence-corrected chi connectivity index (χ2v) is 5.99. The number of aliphatic imine (C=N–C) groups is 1. The zero-order valence-corrected chi connectivity index (χ0v) is 13.7. The van der Waals surface area contributed by atoms with Crippen molar-refractivity contribution in [2.24, 2.45) is 4.99 Å². The van der Waals surface area contributed by atoms with Crippen LogP contribution in [0.15, 0.2) is 47.0 Å². The van der Waals surface area contributed by atoms with Gasteiger partial charge in [-0.15, -0.1) is 0 Å². The highest BCUT2D eigenvalue weighted by atomic mass is 19.1. The monoisotopic (exact) mass is 343 g/mol. The van der Waals surface area contributed by atoms with E-state index in [0.29, 0.717) is 23.7 Å². The second kappa shape index (κ2) is 6.21. The quantitative estimate of drug-likeness (QED) is 0.662. The summed E-state index contributed by atoms with van der Waals surface area (Å²) in [5.41, 5.74) is 4.53. The molecule has 7 nitrogen and oxygen atoms in total. The molecule has 4 rings (SSSR count). The number of amidine groups is 1. The molecule has 1 atom stereocenters. The van der Waals surface area contributed by atoms with Crippen LogP contribution in [0.4, 0.5) is 4.39 Å². The number of carbonyl (C=O) groups is 1. The minimum absolute atomic E-state index is 0.142. The highest BCUT2D eigenvalue weighted by molar-refractivity contribution is 5.95. The van der Waals surface area contributed by atoms with Crippen molar-refractivity contribution >= 4 is 11.7 Å². The fraction of sp³-hybridized carbons (Fsp3) is 0.294. The number of benzene rings is 1. The van der Waals surface area contributed by atoms with Gasteiger partial charge < -0.3 is 15.4 Å². The first kappa shape index (κ1) is 15.6. The van der Waals surface area contributed by atoms with E-state index in [1.165, 1.54) is 12.1 Å². The van der Waals surface area contributed by atoms with Gasteiger partial charge in [0.2, 0.25) is 5.91 Å². The number of ether oxygens (including phenoxy) is 1. The van der Waals surface area contributed by atoms with E-state index in [1.54, 1.807) is 11.1 Å². The number of hydrogen-bond acceptors (Lipinski definition) is 6. The highest BCUT2D eigenvalue weighted by Crippen LogP contribution is 2.29. The van der Waals surface area contributed by atoms with Gasteiger partial charge in [-0.05, 0) is 31.2 Å². The molecule has 0 saturated heterocycles. The summed E-state index contributed by atoms with van der Waals surface area (Å²) in [6, 6.07) is 4.03. The first-order chi connectivity index (χ1) is 12.1. The number of fused-ring (bicyclic) bond motifs is 2. The molecule has 130 valence electrons. The molecule has 3 heterocycles. The molecular weight excluding hydrogens is 325 g/mol. The number of halogens is 1. The van der Waals surface area contributed by atoms with Crippen LogP contribution in [0.2, 0.25) is 0 Å². The van der Waals surface area contributed by atoms with Crippen LogP contribution in [0.3, 0.4) is 0 Å². The average Bonchev–Trinajstić information content (AvgIpc) is 2.97. The zero-order valence-electron chi connectivity index (χ0n) is 13.7. The predicted molar refractivity (Wildman–Crippen MR) is 89.6 cm³/mol. The maximum Gasteiger partial charge on any atom is 0.227 e. The van der Waals surface area contributed by atoms with Gasteiger partial charge in [0.1, 0.15) is 23.2 Å². The Morgan fingerprint density at radius 2 is 2.24 bits per heavy atom. The summed E-state index contributed by atoms with van der Waals surface area (Å²) >= 11 is 0. The van der Waals surface area contributed by atoms with E-state index in [1.807, 2.05) is 19.2 Å². The molecule has 0 aliphatic carbocycles. The van der Waals surface area contributed by atoms with Crippen LogP contribution in [0.5, 0.6) is 5.75 Å². The maximum atomic E-state index is 13.7. The predicted octanol–water partition coefficient (Wildman–Crippen LogP) is 1.29. The van der Waals surface area contributed by atoms with Crippen LogP contribution in [-0.2, 0) is 4.79 Å². The van der Waals surface area contributed by atoms with Crippen molar-refractivity contribution in [2.45, 2.75) is 19.4 Å². The Morgan fingerprint density at radius 1 is 1.36 bits per heavy atom. The van der Waals surface area contributed by atoms with E-state index in [9.17, 15) is 9.18 Å². The summed E-state index contributed by atoms with van der Waals surface area (Å²) < 4.78 is 19.4. The maximum absolute atomic E-state index is 13.7. The lowest BCUT2D eigenvalue weighted by Gasteiger charge is -2.24. The SMILES string of the molecule is CC1N=C2C=CN3NCC(=C3N2)NC(=O)CCOc2ccc(F)cc21. The van der Waals surface area contributed by atoms with Gasteiger partial charge in [0.05, 0.1) is 31.3 Å². The third-order valence-electron chi connectivity index (χ3n) is 4.21. The number of hydrogen-bond donors (Lipinski definition) is 3. The molecule has 8 heteroatoms. The van der Waals surface area contributed by atoms with Crippen LogP contribution in [0.25, 0.3) is 0 Å². The number of rotatable bonds is 0. The lowest BCUT2D eigenvalue weighted by atomic mass is 10.1. The van der Waals surface area contributed by atoms with E-state index in [-0.39, 0.29) is 30.8 Å². The standard InChI is InChI=1S/C17H18FN5O2/c1-10-12-8-11(18)2-3-14(12)25-7-5-16(24)21-13-9-19-23-6-4-15(20-10)22-17(13)23/h2-4,6,8,10,19H,5,7,9H2,1H3,(H,20,22)(H,21,24). The molecule has 0 radical (unpaired) electrons. The molecule has 0 spiro atoms. The smallest absolute Gasteiger partial charge is 0.227 e. The summed E-state index contributed by atoms with van der Waals surface area (Å²) in [4.78, 5) is 16.8. The van der Waals surface area contributed by atoms with Crippen LogP contribution in [-0.4, -0.2) is 29.9 Å². The molecule has 1 amide bonds. The molecule has 3 aliphatic rings. The molecule has 1 aromatic carbocycles. The summed E-state index contributed by atoms with van der Waals surface area (Å²) in [6.07, 6.45) is 3.85. The minimum atomic E-state index is -0.347. The van der Waals surface area contributed by atoms with Crippen LogP contribution in [0, 0.1) is 5.82 Å². The van der Waals surface area contributed by atoms with Crippen LogP contribution in [0.1, 0.15) is 24.9 Å². The fourth-order valence-electron chi connectivity index (χ4n) is 2.96. The Hall–Kier alpha value is -2.87. The van der Waals surface area contributed by atoms with E-state index in [4.69, 9.17) is 4.74 Å². The third kappa shape index (κ3) is 3.08. The first-order valence-corrected chi connectivity index (χ1v) is 8.11. The molecule has 0 saturated carbocycles. The van der Waals surface area contributed by atoms with Crippen molar-refractivity contribution in [2.75, 3.05) is 13.2 Å². The molecule has 1 unspecified atom stereocenters. The summed E-state index contributed by atoms with van der Waals surface area (Å²) in [7, 11) is 0. The van der Waals surface area contributed by atoms with E-state index < -0.39 is 0 Å². The van der Waals surface area contributed by atoms with E-state index >= 15 is 0 Å². The van der Waals surface area contributed by atoms with Crippen molar-refractivity contribution < 1.29 is 13.9 Å². The van der Waals surface area contributed by atoms with Gasteiger partial charge in [-0.25, -0.2) is 9.82 Å². The Bertz CT molecular complexity index is 817. The van der Waals surface area contributed by atoms with Gasteiger partial charge in [-0.1, -0.05) is 0 Å². The lowest BCUT2D eigenvalue weighted by molar-refractivity contribution is -0.120. The Morgan fingerprint density at radius 3 is 3.12 bits per heavy atom. The number of nitrogens with one attached hydrogen (secondary N) is 3. The molecule has 3 aliphatic heterocycles. The van der Waals surface area contributed by atoms with Crippen LogP contribution < -0.4 is 20.8 Å². The molecule has 1 aromatic rings. The van der Waals surface area contributed by atoms with Crippen molar-refractivity contribution in [1.29, 1.82) is 0 Å². The number of amides is 1. The molecule has 25 heavy (non-hydrogen) atoms. The highest BCUT2D eigenvalue weighted by Gasteiger charge is 2.26. The Kier molecular flexibility index (Phi) is 3.89. The number of hydrazine groups is 1. The van der Waals surface area contributed by atoms with Gasteiger partial charge in [0.25, 0.3) is 0 Å². The molecule has 0 fully saturated rings. The second-order valence-electron chi connectivity index (χ2n) is 5.99. The van der Waals surface area contributed by atoms with Gasteiger partial charge in [-0.2, -0.15) is 0 Å². The van der Waals surface area contributed by atoms with Crippen molar-refractivity contribution in [1.82, 2.24) is 21.1 Å². The Balaban J connectivity index is 1.76. The number of carbonyl (C=O) groups excluding carboxylic acids is 1. The lowest BCUT2D eigenvalue weighted by Crippen LogP contribution is -2.39. The van der Waals surface area contributed by atoms with Gasteiger partial charge in [0, 0.05) is 11.8 Å². The summed E-state index contributed by atoms with van der Waals surface area (Å²) in [5, 5.41) is 7.89. The van der Waals surface area contributed by atoms with E-state index in [2.05, 4.69) is 21.1 Å². The largest absolute Gasteiger partial charge is 0.493 e. The van der Waals surface area contributed by atoms with Gasteiger partial charge in [0.15, 0.2) is 0 Å². The molecule has 2 bridgehead atoms. The molecule has 0 aromatic heterocycles. The summed E-state index contributed by atoms with van der Waals surface area (Å²) in [6.45, 7) is 2.59. The molecule has 3 N–H and O–H groups in total. The average molecular weight is 343 g/mol.